The van der Waals surface area contributed by atoms with Crippen LogP contribution in [0.1, 0.15) is 23.0 Å². The van der Waals surface area contributed by atoms with E-state index < -0.39 is 17.8 Å². The zero-order chi connectivity index (χ0) is 12.3. The van der Waals surface area contributed by atoms with Gasteiger partial charge in [-0.15, -0.1) is 0 Å². The summed E-state index contributed by atoms with van der Waals surface area (Å²) < 4.78 is 41.1. The highest BCUT2D eigenvalue weighted by Crippen LogP contribution is 2.26. The normalized spacial score (nSPS) is 11.2. The Hall–Kier alpha value is -1.79. The second-order valence-electron chi connectivity index (χ2n) is 2.87. The van der Waals surface area contributed by atoms with E-state index in [0.717, 1.165) is 6.07 Å². The summed E-state index contributed by atoms with van der Waals surface area (Å²) in [6.45, 7) is 1.67. The van der Waals surface area contributed by atoms with Gasteiger partial charge in [0.1, 0.15) is 5.56 Å². The first kappa shape index (κ1) is 12.3. The minimum atomic E-state index is -4.68. The van der Waals surface area contributed by atoms with E-state index in [1.807, 2.05) is 0 Å². The smallest absolute Gasteiger partial charge is 0.462 e. The molecule has 1 aromatic heterocycles. The van der Waals surface area contributed by atoms with Crippen LogP contribution in [0.5, 0.6) is 0 Å². The van der Waals surface area contributed by atoms with E-state index in [1.54, 1.807) is 6.92 Å². The number of halogens is 3. The Bertz CT molecular complexity index is 403. The van der Waals surface area contributed by atoms with Crippen LogP contribution in [0.2, 0.25) is 0 Å². The van der Waals surface area contributed by atoms with E-state index in [0.29, 0.717) is 12.3 Å². The van der Waals surface area contributed by atoms with E-state index in [4.69, 9.17) is 5.21 Å². The summed E-state index contributed by atoms with van der Waals surface area (Å²) in [5.74, 6) is -0.793. The lowest BCUT2D eigenvalue weighted by atomic mass is 10.2. The number of hydrogen-bond donors (Lipinski definition) is 1. The van der Waals surface area contributed by atoms with Gasteiger partial charge in [-0.05, 0) is 13.0 Å². The van der Waals surface area contributed by atoms with Gasteiger partial charge in [-0.1, -0.05) is 0 Å². The van der Waals surface area contributed by atoms with Crippen molar-refractivity contribution in [2.45, 2.75) is 13.1 Å². The molecule has 1 N–H and O–H groups in total. The first-order valence-corrected chi connectivity index (χ1v) is 4.35. The number of nitrogens with zero attached hydrogens (tertiary/aromatic N) is 1. The second-order valence-corrected chi connectivity index (χ2v) is 2.87. The number of rotatable bonds is 2. The molecule has 0 aromatic carbocycles. The minimum Gasteiger partial charge on any atom is -0.462 e. The number of aromatic nitrogens is 1. The standard InChI is InChI=1S/C9H9F3NO3/c1-2-16-8(14)6-3-4-7(9(10,11)12)13(15)5-6/h3-5,15H,2H2,1H3/q+1. The largest absolute Gasteiger partial charge is 0.482 e. The fourth-order valence-electron chi connectivity index (χ4n) is 1.05. The Morgan fingerprint density at radius 1 is 1.50 bits per heavy atom. The number of ether oxygens (including phenoxy) is 1. The molecule has 0 bridgehead atoms. The Kier molecular flexibility index (Phi) is 3.36. The maximum Gasteiger partial charge on any atom is 0.482 e. The molecule has 0 aliphatic rings. The van der Waals surface area contributed by atoms with Crippen LogP contribution in [0, 0.1) is 0 Å². The Balaban J connectivity index is 3.05. The molecule has 0 unspecified atom stereocenters. The molecule has 0 aliphatic carbocycles. The van der Waals surface area contributed by atoms with Crippen molar-refractivity contribution < 1.29 is 32.6 Å². The van der Waals surface area contributed by atoms with Gasteiger partial charge in [0.2, 0.25) is 6.20 Å². The van der Waals surface area contributed by atoms with Crippen molar-refractivity contribution in [3.63, 3.8) is 0 Å². The molecule has 4 nitrogen and oxygen atoms in total. The summed E-state index contributed by atoms with van der Waals surface area (Å²) in [6.07, 6.45) is -4.03. The number of carbonyl (C=O) groups is 1. The van der Waals surface area contributed by atoms with Crippen LogP contribution in [-0.4, -0.2) is 17.8 Å². The van der Waals surface area contributed by atoms with Crippen molar-refractivity contribution in [2.75, 3.05) is 6.61 Å². The highest BCUT2D eigenvalue weighted by Gasteiger charge is 2.42. The lowest BCUT2D eigenvalue weighted by Crippen LogP contribution is -2.40. The predicted octanol–water partition coefficient (Wildman–Crippen LogP) is 1.41. The molecule has 0 radical (unpaired) electrons. The van der Waals surface area contributed by atoms with E-state index >= 15 is 0 Å². The van der Waals surface area contributed by atoms with Crippen LogP contribution < -0.4 is 4.73 Å². The molecule has 0 saturated heterocycles. The van der Waals surface area contributed by atoms with E-state index in [-0.39, 0.29) is 16.9 Å². The van der Waals surface area contributed by atoms with E-state index in [1.165, 1.54) is 0 Å². The quantitative estimate of drug-likeness (QED) is 0.480. The monoisotopic (exact) mass is 236 g/mol. The van der Waals surface area contributed by atoms with E-state index in [9.17, 15) is 18.0 Å². The Morgan fingerprint density at radius 3 is 2.56 bits per heavy atom. The zero-order valence-corrected chi connectivity index (χ0v) is 8.28. The van der Waals surface area contributed by atoms with Crippen LogP contribution in [0.4, 0.5) is 13.2 Å². The third-order valence-corrected chi connectivity index (χ3v) is 1.73. The molecule has 0 saturated carbocycles. The Labute approximate surface area is 88.8 Å². The summed E-state index contributed by atoms with van der Waals surface area (Å²) in [5.41, 5.74) is -1.42. The van der Waals surface area contributed by atoms with Gasteiger partial charge in [0.15, 0.2) is 0 Å². The van der Waals surface area contributed by atoms with Gasteiger partial charge in [-0.2, -0.15) is 13.2 Å². The summed E-state index contributed by atoms with van der Waals surface area (Å²) in [6, 6.07) is 1.54. The van der Waals surface area contributed by atoms with Crippen molar-refractivity contribution >= 4 is 5.97 Å². The average molecular weight is 236 g/mol. The molecule has 1 heterocycles. The van der Waals surface area contributed by atoms with Crippen molar-refractivity contribution in [1.82, 2.24) is 0 Å². The lowest BCUT2D eigenvalue weighted by molar-refractivity contribution is -0.915. The first-order valence-electron chi connectivity index (χ1n) is 4.35. The molecule has 0 atom stereocenters. The number of esters is 1. The van der Waals surface area contributed by atoms with Crippen molar-refractivity contribution in [1.29, 1.82) is 0 Å². The molecular formula is C9H9F3NO3+. The number of pyridine rings is 1. The second kappa shape index (κ2) is 4.38. The van der Waals surface area contributed by atoms with Crippen LogP contribution in [0.25, 0.3) is 0 Å². The summed E-state index contributed by atoms with van der Waals surface area (Å²) >= 11 is 0. The van der Waals surface area contributed by atoms with Crippen molar-refractivity contribution in [3.8, 4) is 0 Å². The summed E-state index contributed by atoms with van der Waals surface area (Å²) in [7, 11) is 0. The molecule has 7 heteroatoms. The predicted molar refractivity (Wildman–Crippen MR) is 44.8 cm³/mol. The molecule has 16 heavy (non-hydrogen) atoms. The maximum atomic E-state index is 12.2. The number of carbonyl (C=O) groups excluding carboxylic acids is 1. The van der Waals surface area contributed by atoms with Crippen molar-refractivity contribution in [3.05, 3.63) is 29.6 Å². The van der Waals surface area contributed by atoms with Crippen LogP contribution in [0.15, 0.2) is 18.3 Å². The molecule has 0 amide bonds. The molecule has 0 fully saturated rings. The molecule has 0 aliphatic heterocycles. The minimum absolute atomic E-state index is 0.102. The topological polar surface area (TPSA) is 50.4 Å². The van der Waals surface area contributed by atoms with E-state index in [2.05, 4.69) is 4.74 Å². The van der Waals surface area contributed by atoms with Gasteiger partial charge >= 0.3 is 17.8 Å². The van der Waals surface area contributed by atoms with Gasteiger partial charge in [0.25, 0.3) is 0 Å². The molecule has 0 spiro atoms. The van der Waals surface area contributed by atoms with Crippen LogP contribution in [0.3, 0.4) is 0 Å². The summed E-state index contributed by atoms with van der Waals surface area (Å²) in [5, 5.41) is 9.03. The maximum absolute atomic E-state index is 12.2. The Morgan fingerprint density at radius 2 is 2.12 bits per heavy atom. The molecule has 1 rings (SSSR count). The lowest BCUT2D eigenvalue weighted by Gasteiger charge is -2.03. The molecule has 88 valence electrons. The number of alkyl halides is 3. The number of hydrogen-bond acceptors (Lipinski definition) is 3. The zero-order valence-electron chi connectivity index (χ0n) is 8.28. The third kappa shape index (κ3) is 2.62. The van der Waals surface area contributed by atoms with Gasteiger partial charge in [0.05, 0.1) is 6.61 Å². The summed E-state index contributed by atoms with van der Waals surface area (Å²) in [4.78, 5) is 11.1. The fourth-order valence-corrected chi connectivity index (χ4v) is 1.05. The molecule has 1 aromatic rings. The van der Waals surface area contributed by atoms with Crippen molar-refractivity contribution in [2.24, 2.45) is 0 Å². The highest BCUT2D eigenvalue weighted by atomic mass is 19.4. The molecular weight excluding hydrogens is 227 g/mol. The fraction of sp³-hybridized carbons (Fsp3) is 0.333. The van der Waals surface area contributed by atoms with Gasteiger partial charge in [-0.25, -0.2) is 4.79 Å². The SMILES string of the molecule is CCOC(=O)c1ccc(C(F)(F)F)[n+](O)c1. The van der Waals surface area contributed by atoms with Gasteiger partial charge in [-0.3, -0.25) is 5.21 Å². The van der Waals surface area contributed by atoms with Gasteiger partial charge < -0.3 is 4.74 Å². The van der Waals surface area contributed by atoms with Crippen LogP contribution >= 0.6 is 0 Å². The average Bonchev–Trinajstić information content (AvgIpc) is 2.16. The third-order valence-electron chi connectivity index (χ3n) is 1.73. The highest BCUT2D eigenvalue weighted by molar-refractivity contribution is 5.88. The van der Waals surface area contributed by atoms with Crippen LogP contribution in [-0.2, 0) is 10.9 Å². The van der Waals surface area contributed by atoms with Gasteiger partial charge in [0, 0.05) is 10.8 Å². The first-order chi connectivity index (χ1) is 7.36.